The Kier molecular flexibility index (Phi) is 3.56. The monoisotopic (exact) mass is 335 g/mol. The van der Waals surface area contributed by atoms with Gasteiger partial charge in [-0.15, -0.1) is 0 Å². The molecule has 1 aromatic heterocycles. The predicted octanol–water partition coefficient (Wildman–Crippen LogP) is 3.21. The lowest BCUT2D eigenvalue weighted by Crippen LogP contribution is -2.19. The van der Waals surface area contributed by atoms with E-state index < -0.39 is 0 Å². The van der Waals surface area contributed by atoms with E-state index in [0.717, 1.165) is 34.5 Å². The van der Waals surface area contributed by atoms with Gasteiger partial charge in [0.05, 0.1) is 29.0 Å². The highest BCUT2D eigenvalue weighted by molar-refractivity contribution is 9.10. The van der Waals surface area contributed by atoms with Crippen molar-refractivity contribution in [1.82, 2.24) is 9.78 Å². The van der Waals surface area contributed by atoms with Gasteiger partial charge in [-0.2, -0.15) is 5.10 Å². The molecule has 0 aliphatic carbocycles. The third-order valence-corrected chi connectivity index (χ3v) is 4.25. The van der Waals surface area contributed by atoms with Gasteiger partial charge in [0.25, 0.3) is 0 Å². The van der Waals surface area contributed by atoms with E-state index in [1.807, 2.05) is 23.0 Å². The second kappa shape index (κ2) is 5.22. The Hall–Kier alpha value is -1.33. The van der Waals surface area contributed by atoms with Crippen LogP contribution in [0.1, 0.15) is 42.8 Å². The Bertz CT molecular complexity index is 636. The number of nitrogens with zero attached hydrogens (tertiary/aromatic N) is 2. The van der Waals surface area contributed by atoms with Gasteiger partial charge in [0.1, 0.15) is 5.75 Å². The zero-order valence-corrected chi connectivity index (χ0v) is 13.2. The Labute approximate surface area is 127 Å². The summed E-state index contributed by atoms with van der Waals surface area (Å²) in [6.45, 7) is 4.97. The number of hydrogen-bond donors (Lipinski definition) is 1. The van der Waals surface area contributed by atoms with Gasteiger partial charge >= 0.3 is 0 Å². The minimum Gasteiger partial charge on any atom is -0.493 e. The van der Waals surface area contributed by atoms with Crippen LogP contribution in [0.25, 0.3) is 0 Å². The maximum atomic E-state index is 6.46. The van der Waals surface area contributed by atoms with E-state index in [2.05, 4.69) is 40.9 Å². The molecular formula is C15H18BrN3O. The molecule has 0 saturated heterocycles. The average Bonchev–Trinajstić information content (AvgIpc) is 3.03. The highest BCUT2D eigenvalue weighted by Crippen LogP contribution is 2.32. The van der Waals surface area contributed by atoms with Crippen LogP contribution in [0.3, 0.4) is 0 Å². The molecular weight excluding hydrogens is 318 g/mol. The molecule has 1 atom stereocenters. The van der Waals surface area contributed by atoms with Crippen molar-refractivity contribution in [3.63, 3.8) is 0 Å². The number of fused-ring (bicyclic) bond motifs is 1. The largest absolute Gasteiger partial charge is 0.493 e. The van der Waals surface area contributed by atoms with Crippen molar-refractivity contribution >= 4 is 15.9 Å². The van der Waals surface area contributed by atoms with Crippen molar-refractivity contribution in [3.8, 4) is 5.75 Å². The second-order valence-electron chi connectivity index (χ2n) is 5.36. The fraction of sp³-hybridized carbons (Fsp3) is 0.400. The molecule has 2 N–H and O–H groups in total. The summed E-state index contributed by atoms with van der Waals surface area (Å²) >= 11 is 3.56. The maximum absolute atomic E-state index is 6.46. The Morgan fingerprint density at radius 3 is 2.95 bits per heavy atom. The first-order chi connectivity index (χ1) is 9.58. The first-order valence-electron chi connectivity index (χ1n) is 6.82. The van der Waals surface area contributed by atoms with Gasteiger partial charge in [-0.05, 0) is 47.0 Å². The number of ether oxygens (including phenoxy) is 1. The highest BCUT2D eigenvalue weighted by Gasteiger charge is 2.21. The fourth-order valence-electron chi connectivity index (χ4n) is 2.61. The summed E-state index contributed by atoms with van der Waals surface area (Å²) in [6.07, 6.45) is 2.77. The van der Waals surface area contributed by atoms with E-state index >= 15 is 0 Å². The zero-order valence-electron chi connectivity index (χ0n) is 11.6. The molecule has 5 heteroatoms. The van der Waals surface area contributed by atoms with Crippen LogP contribution in [0.15, 0.2) is 28.9 Å². The van der Waals surface area contributed by atoms with Gasteiger partial charge in [-0.3, -0.25) is 4.68 Å². The first-order valence-corrected chi connectivity index (χ1v) is 7.61. The standard InChI is InChI=1S/C15H18BrN3O/c1-9(2)19-15(12(16)8-18-19)14(17)11-3-4-13-10(7-11)5-6-20-13/h3-4,7-9,14H,5-6,17H2,1-2H3. The zero-order chi connectivity index (χ0) is 14.3. The lowest BCUT2D eigenvalue weighted by atomic mass is 10.0. The molecule has 0 fully saturated rings. The quantitative estimate of drug-likeness (QED) is 0.936. The van der Waals surface area contributed by atoms with Crippen molar-refractivity contribution in [2.45, 2.75) is 32.4 Å². The summed E-state index contributed by atoms with van der Waals surface area (Å²) in [7, 11) is 0. The smallest absolute Gasteiger partial charge is 0.122 e. The topological polar surface area (TPSA) is 53.1 Å². The van der Waals surface area contributed by atoms with E-state index in [0.29, 0.717) is 0 Å². The Balaban J connectivity index is 2.00. The van der Waals surface area contributed by atoms with Crippen LogP contribution in [0.4, 0.5) is 0 Å². The molecule has 4 nitrogen and oxygen atoms in total. The first kappa shape index (κ1) is 13.6. The molecule has 1 aliphatic heterocycles. The average molecular weight is 336 g/mol. The molecule has 1 unspecified atom stereocenters. The van der Waals surface area contributed by atoms with E-state index in [-0.39, 0.29) is 12.1 Å². The summed E-state index contributed by atoms with van der Waals surface area (Å²) in [6, 6.07) is 6.29. The number of aromatic nitrogens is 2. The van der Waals surface area contributed by atoms with Crippen LogP contribution in [-0.4, -0.2) is 16.4 Å². The van der Waals surface area contributed by atoms with Crippen LogP contribution < -0.4 is 10.5 Å². The molecule has 20 heavy (non-hydrogen) atoms. The van der Waals surface area contributed by atoms with E-state index in [4.69, 9.17) is 10.5 Å². The molecule has 1 aliphatic rings. The predicted molar refractivity (Wildman–Crippen MR) is 82.0 cm³/mol. The highest BCUT2D eigenvalue weighted by atomic mass is 79.9. The minimum absolute atomic E-state index is 0.194. The Morgan fingerprint density at radius 2 is 2.20 bits per heavy atom. The van der Waals surface area contributed by atoms with Crippen molar-refractivity contribution in [2.24, 2.45) is 5.73 Å². The summed E-state index contributed by atoms with van der Waals surface area (Å²) in [5.74, 6) is 0.984. The van der Waals surface area contributed by atoms with Gasteiger partial charge in [0, 0.05) is 12.5 Å². The van der Waals surface area contributed by atoms with Gasteiger partial charge in [0.2, 0.25) is 0 Å². The second-order valence-corrected chi connectivity index (χ2v) is 6.21. The maximum Gasteiger partial charge on any atom is 0.122 e. The van der Waals surface area contributed by atoms with Crippen LogP contribution >= 0.6 is 15.9 Å². The molecule has 0 saturated carbocycles. The molecule has 2 heterocycles. The summed E-state index contributed by atoms with van der Waals surface area (Å²) in [5, 5.41) is 4.40. The van der Waals surface area contributed by atoms with Crippen molar-refractivity contribution in [2.75, 3.05) is 6.61 Å². The summed E-state index contributed by atoms with van der Waals surface area (Å²) in [5.41, 5.74) is 9.81. The third kappa shape index (κ3) is 2.25. The van der Waals surface area contributed by atoms with Crippen LogP contribution in [0.5, 0.6) is 5.75 Å². The normalized spacial score (nSPS) is 15.2. The van der Waals surface area contributed by atoms with Gasteiger partial charge in [0.15, 0.2) is 0 Å². The fourth-order valence-corrected chi connectivity index (χ4v) is 3.13. The molecule has 1 aromatic carbocycles. The number of hydrogen-bond acceptors (Lipinski definition) is 3. The SMILES string of the molecule is CC(C)n1ncc(Br)c1C(N)c1ccc2c(c1)CCO2. The van der Waals surface area contributed by atoms with Gasteiger partial charge in [-0.25, -0.2) is 0 Å². The number of halogens is 1. The Morgan fingerprint density at radius 1 is 1.40 bits per heavy atom. The number of nitrogens with two attached hydrogens (primary N) is 1. The van der Waals surface area contributed by atoms with E-state index in [9.17, 15) is 0 Å². The lowest BCUT2D eigenvalue weighted by molar-refractivity contribution is 0.357. The third-order valence-electron chi connectivity index (χ3n) is 3.64. The van der Waals surface area contributed by atoms with E-state index in [1.165, 1.54) is 5.56 Å². The number of rotatable bonds is 3. The minimum atomic E-state index is -0.194. The van der Waals surface area contributed by atoms with Crippen molar-refractivity contribution < 1.29 is 4.74 Å². The van der Waals surface area contributed by atoms with Crippen molar-refractivity contribution in [1.29, 1.82) is 0 Å². The van der Waals surface area contributed by atoms with E-state index in [1.54, 1.807) is 0 Å². The summed E-state index contributed by atoms with van der Waals surface area (Å²) in [4.78, 5) is 0. The molecule has 0 spiro atoms. The lowest BCUT2D eigenvalue weighted by Gasteiger charge is -2.18. The van der Waals surface area contributed by atoms with Gasteiger partial charge in [-0.1, -0.05) is 12.1 Å². The summed E-state index contributed by atoms with van der Waals surface area (Å²) < 4.78 is 8.47. The van der Waals surface area contributed by atoms with Crippen LogP contribution in [0, 0.1) is 0 Å². The van der Waals surface area contributed by atoms with Crippen LogP contribution in [0.2, 0.25) is 0 Å². The molecule has 2 aromatic rings. The molecule has 106 valence electrons. The van der Waals surface area contributed by atoms with Crippen LogP contribution in [-0.2, 0) is 6.42 Å². The molecule has 0 radical (unpaired) electrons. The number of benzene rings is 1. The van der Waals surface area contributed by atoms with Crippen molar-refractivity contribution in [3.05, 3.63) is 45.7 Å². The van der Waals surface area contributed by atoms with Gasteiger partial charge < -0.3 is 10.5 Å². The molecule has 3 rings (SSSR count). The molecule has 0 bridgehead atoms. The molecule has 0 amide bonds.